The summed E-state index contributed by atoms with van der Waals surface area (Å²) in [6, 6.07) is -0.694. The molecule has 0 bridgehead atoms. The van der Waals surface area contributed by atoms with Crippen LogP contribution in [0.15, 0.2) is 11.6 Å². The number of ketones is 1. The number of imide groups is 2. The molecule has 0 radical (unpaired) electrons. The Labute approximate surface area is 152 Å². The lowest BCUT2D eigenvalue weighted by Crippen LogP contribution is -2.64. The molecule has 1 aliphatic carbocycles. The molecule has 0 aromatic carbocycles. The van der Waals surface area contributed by atoms with Crippen LogP contribution in [0.25, 0.3) is 0 Å². The maximum Gasteiger partial charge on any atom is 0.333 e. The highest BCUT2D eigenvalue weighted by Crippen LogP contribution is 2.40. The number of thioether (sulfide) groups is 1. The zero-order chi connectivity index (χ0) is 18.2. The summed E-state index contributed by atoms with van der Waals surface area (Å²) in [5.41, 5.74) is -0.590. The molecule has 2 aliphatic heterocycles. The number of nitrogens with zero attached hydrogens (tertiary/aromatic N) is 2. The number of rotatable bonds is 4. The number of urea groups is 1. The van der Waals surface area contributed by atoms with Crippen molar-refractivity contribution in [1.82, 2.24) is 9.80 Å². The van der Waals surface area contributed by atoms with Gasteiger partial charge in [0.05, 0.1) is 11.8 Å². The largest absolute Gasteiger partial charge is 0.333 e. The average molecular weight is 364 g/mol. The monoisotopic (exact) mass is 364 g/mol. The van der Waals surface area contributed by atoms with Gasteiger partial charge in [-0.15, -0.1) is 0 Å². The van der Waals surface area contributed by atoms with Gasteiger partial charge >= 0.3 is 6.03 Å². The van der Waals surface area contributed by atoms with Gasteiger partial charge in [0, 0.05) is 7.05 Å². The van der Waals surface area contributed by atoms with Crippen molar-refractivity contribution in [2.75, 3.05) is 19.3 Å². The third kappa shape index (κ3) is 3.03. The van der Waals surface area contributed by atoms with Crippen molar-refractivity contribution in [2.45, 2.75) is 50.7 Å². The topological polar surface area (TPSA) is 74.8 Å². The highest BCUT2D eigenvalue weighted by Gasteiger charge is 2.55. The smallest absolute Gasteiger partial charge is 0.296 e. The van der Waals surface area contributed by atoms with Crippen LogP contribution >= 0.6 is 11.8 Å². The summed E-state index contributed by atoms with van der Waals surface area (Å²) in [5, 5.41) is -0.149. The fraction of sp³-hybridized carbons (Fsp3) is 0.667. The lowest BCUT2D eigenvalue weighted by Gasteiger charge is -2.42. The van der Waals surface area contributed by atoms with E-state index >= 15 is 0 Å². The van der Waals surface area contributed by atoms with Crippen LogP contribution in [0.5, 0.6) is 0 Å². The Morgan fingerprint density at radius 1 is 1.24 bits per heavy atom. The quantitative estimate of drug-likeness (QED) is 0.565. The molecule has 3 aliphatic rings. The van der Waals surface area contributed by atoms with Gasteiger partial charge in [-0.05, 0) is 56.8 Å². The van der Waals surface area contributed by atoms with Gasteiger partial charge < -0.3 is 0 Å². The third-order valence-electron chi connectivity index (χ3n) is 5.46. The Hall–Kier alpha value is -1.63. The normalized spacial score (nSPS) is 30.7. The van der Waals surface area contributed by atoms with Gasteiger partial charge in [-0.25, -0.2) is 4.79 Å². The van der Waals surface area contributed by atoms with Crippen LogP contribution in [0.3, 0.4) is 0 Å². The Morgan fingerprint density at radius 3 is 2.60 bits per heavy atom. The highest BCUT2D eigenvalue weighted by atomic mass is 32.2. The van der Waals surface area contributed by atoms with Crippen LogP contribution in [0.2, 0.25) is 0 Å². The number of hydrogen-bond acceptors (Lipinski definition) is 5. The maximum atomic E-state index is 13.1. The van der Waals surface area contributed by atoms with E-state index in [0.717, 1.165) is 53.2 Å². The van der Waals surface area contributed by atoms with Gasteiger partial charge in [-0.3, -0.25) is 24.2 Å². The van der Waals surface area contributed by atoms with Crippen molar-refractivity contribution in [2.24, 2.45) is 5.41 Å². The van der Waals surface area contributed by atoms with E-state index in [1.54, 1.807) is 18.7 Å². The van der Waals surface area contributed by atoms with E-state index in [1.807, 2.05) is 6.08 Å². The molecule has 2 atom stereocenters. The first-order chi connectivity index (χ1) is 11.9. The lowest BCUT2D eigenvalue weighted by molar-refractivity contribution is -0.155. The molecule has 0 saturated carbocycles. The van der Waals surface area contributed by atoms with Gasteiger partial charge in [0.2, 0.25) is 5.91 Å². The standard InChI is InChI=1S/C18H24N2O4S/c1-18(12-7-4-3-5-8-12)15(22)19(2)17(24)20(16(18)23)11-13(21)14-9-6-10-25-14/h7,14H,3-6,8-11H2,1-2H3. The molecule has 25 heavy (non-hydrogen) atoms. The minimum atomic E-state index is -1.37. The fourth-order valence-corrected chi connectivity index (χ4v) is 5.06. The number of carbonyl (C=O) groups excluding carboxylic acids is 4. The van der Waals surface area contributed by atoms with E-state index in [9.17, 15) is 19.2 Å². The molecular formula is C18H24N2O4S. The second-order valence-corrected chi connectivity index (χ2v) is 8.42. The molecule has 0 aromatic heterocycles. The van der Waals surface area contributed by atoms with Crippen molar-refractivity contribution >= 4 is 35.4 Å². The second-order valence-electron chi connectivity index (χ2n) is 7.11. The van der Waals surface area contributed by atoms with E-state index in [4.69, 9.17) is 0 Å². The number of amides is 4. The maximum absolute atomic E-state index is 13.1. The Kier molecular flexibility index (Phi) is 5.04. The van der Waals surface area contributed by atoms with Crippen LogP contribution in [0.1, 0.15) is 45.4 Å². The second kappa shape index (κ2) is 6.94. The predicted molar refractivity (Wildman–Crippen MR) is 95.0 cm³/mol. The fourth-order valence-electron chi connectivity index (χ4n) is 3.85. The number of hydrogen-bond donors (Lipinski definition) is 0. The number of barbiturate groups is 1. The summed E-state index contributed by atoms with van der Waals surface area (Å²) < 4.78 is 0. The third-order valence-corrected chi connectivity index (χ3v) is 6.88. The first-order valence-corrected chi connectivity index (χ1v) is 9.90. The summed E-state index contributed by atoms with van der Waals surface area (Å²) >= 11 is 1.58. The number of carbonyl (C=O) groups is 4. The van der Waals surface area contributed by atoms with Crippen LogP contribution < -0.4 is 0 Å². The van der Waals surface area contributed by atoms with Gasteiger partial charge in [-0.2, -0.15) is 11.8 Å². The molecule has 2 fully saturated rings. The van der Waals surface area contributed by atoms with Gasteiger partial charge in [0.15, 0.2) is 5.78 Å². The van der Waals surface area contributed by atoms with Gasteiger partial charge in [0.25, 0.3) is 5.91 Å². The average Bonchev–Trinajstić information content (AvgIpc) is 3.17. The van der Waals surface area contributed by atoms with E-state index in [1.165, 1.54) is 7.05 Å². The predicted octanol–water partition coefficient (Wildman–Crippen LogP) is 2.38. The molecule has 6 nitrogen and oxygen atoms in total. The van der Waals surface area contributed by atoms with Crippen LogP contribution in [0.4, 0.5) is 4.79 Å². The zero-order valence-corrected chi connectivity index (χ0v) is 15.6. The SMILES string of the molecule is CN1C(=O)N(CC(=O)C2CCCS2)C(=O)C(C)(C2=CCCCC2)C1=O. The van der Waals surface area contributed by atoms with Crippen LogP contribution in [0, 0.1) is 5.41 Å². The lowest BCUT2D eigenvalue weighted by atomic mass is 9.73. The Bertz CT molecular complexity index is 653. The number of Topliss-reactive ketones (excluding diaryl/α,β-unsaturated/α-hetero) is 1. The van der Waals surface area contributed by atoms with Crippen molar-refractivity contribution in [3.8, 4) is 0 Å². The van der Waals surface area contributed by atoms with E-state index in [2.05, 4.69) is 0 Å². The summed E-state index contributed by atoms with van der Waals surface area (Å²) in [6.45, 7) is 1.36. The van der Waals surface area contributed by atoms with E-state index in [0.29, 0.717) is 6.42 Å². The minimum Gasteiger partial charge on any atom is -0.296 e. The van der Waals surface area contributed by atoms with E-state index in [-0.39, 0.29) is 17.6 Å². The summed E-state index contributed by atoms with van der Waals surface area (Å²) in [5.74, 6) is -0.215. The Balaban J connectivity index is 1.88. The first-order valence-electron chi connectivity index (χ1n) is 8.85. The molecule has 0 aromatic rings. The molecule has 4 amide bonds. The molecule has 3 rings (SSSR count). The molecule has 2 heterocycles. The first kappa shape index (κ1) is 18.2. The van der Waals surface area contributed by atoms with Crippen LogP contribution in [-0.4, -0.2) is 58.0 Å². The van der Waals surface area contributed by atoms with Crippen molar-refractivity contribution in [3.05, 3.63) is 11.6 Å². The molecule has 2 saturated heterocycles. The van der Waals surface area contributed by atoms with Gasteiger partial charge in [0.1, 0.15) is 5.41 Å². The summed E-state index contributed by atoms with van der Waals surface area (Å²) in [7, 11) is 1.39. The summed E-state index contributed by atoms with van der Waals surface area (Å²) in [4.78, 5) is 52.9. The molecule has 136 valence electrons. The number of allylic oxidation sites excluding steroid dienone is 1. The highest BCUT2D eigenvalue weighted by molar-refractivity contribution is 8.00. The Morgan fingerprint density at radius 2 is 2.00 bits per heavy atom. The molecule has 0 N–H and O–H groups in total. The van der Waals surface area contributed by atoms with Crippen molar-refractivity contribution in [3.63, 3.8) is 0 Å². The minimum absolute atomic E-state index is 0.105. The molecule has 7 heteroatoms. The van der Waals surface area contributed by atoms with Crippen molar-refractivity contribution < 1.29 is 19.2 Å². The molecule has 0 spiro atoms. The van der Waals surface area contributed by atoms with E-state index < -0.39 is 23.3 Å². The molecule has 2 unspecified atom stereocenters. The van der Waals surface area contributed by atoms with Crippen LogP contribution in [-0.2, 0) is 14.4 Å². The van der Waals surface area contributed by atoms with Gasteiger partial charge in [-0.1, -0.05) is 6.08 Å². The summed E-state index contributed by atoms with van der Waals surface area (Å²) in [6.07, 6.45) is 7.20. The zero-order valence-electron chi connectivity index (χ0n) is 14.7. The van der Waals surface area contributed by atoms with Crippen molar-refractivity contribution in [1.29, 1.82) is 0 Å². The molecular weight excluding hydrogens is 340 g/mol.